The number of guanidine groups is 1. The minimum atomic E-state index is -0.289. The van der Waals surface area contributed by atoms with Crippen molar-refractivity contribution in [2.75, 3.05) is 13.1 Å². The topological polar surface area (TPSA) is 45.7 Å². The van der Waals surface area contributed by atoms with Gasteiger partial charge >= 0.3 is 0 Å². The average Bonchev–Trinajstić information content (AvgIpc) is 2.73. The number of halogens is 1. The maximum Gasteiger partial charge on any atom is 0.191 e. The summed E-state index contributed by atoms with van der Waals surface area (Å²) < 4.78 is 18.6. The van der Waals surface area contributed by atoms with Gasteiger partial charge in [0.05, 0.1) is 13.1 Å². The van der Waals surface area contributed by atoms with Crippen molar-refractivity contribution < 1.29 is 9.13 Å². The third kappa shape index (κ3) is 3.61. The lowest BCUT2D eigenvalue weighted by molar-refractivity contribution is 0.223. The number of aliphatic imine (C=N–C) groups is 1. The molecule has 0 radical (unpaired) electrons. The van der Waals surface area contributed by atoms with Crippen LogP contribution < -0.4 is 15.4 Å². The zero-order chi connectivity index (χ0) is 13.0. The molecular weight excluding hydrogens is 233 g/mol. The van der Waals surface area contributed by atoms with Gasteiger partial charge in [0.1, 0.15) is 17.7 Å². The van der Waals surface area contributed by atoms with Crippen molar-refractivity contribution in [3.8, 4) is 5.75 Å². The van der Waals surface area contributed by atoms with Gasteiger partial charge in [-0.25, -0.2) is 4.39 Å². The number of nitrogens with zero attached hydrogens (tertiary/aromatic N) is 1. The first-order valence-electron chi connectivity index (χ1n) is 6.10. The summed E-state index contributed by atoms with van der Waals surface area (Å²) in [7, 11) is 0. The summed E-state index contributed by atoms with van der Waals surface area (Å²) in [5, 5.41) is 6.37. The Labute approximate surface area is 106 Å². The summed E-state index contributed by atoms with van der Waals surface area (Å²) in [5.74, 6) is 1.06. The van der Waals surface area contributed by atoms with Gasteiger partial charge < -0.3 is 15.4 Å². The highest BCUT2D eigenvalue weighted by atomic mass is 19.1. The van der Waals surface area contributed by atoms with Gasteiger partial charge in [-0.3, -0.25) is 4.99 Å². The molecule has 0 saturated carbocycles. The zero-order valence-corrected chi connectivity index (χ0v) is 10.6. The summed E-state index contributed by atoms with van der Waals surface area (Å²) in [6.45, 7) is 5.41. The number of hydrogen-bond donors (Lipinski definition) is 2. The number of rotatable bonds is 4. The molecule has 0 spiro atoms. The first kappa shape index (κ1) is 12.7. The predicted octanol–water partition coefficient (Wildman–Crippen LogP) is 1.53. The molecule has 2 unspecified atom stereocenters. The number of benzene rings is 1. The van der Waals surface area contributed by atoms with E-state index in [0.717, 1.165) is 12.5 Å². The lowest BCUT2D eigenvalue weighted by atomic mass is 10.3. The highest BCUT2D eigenvalue weighted by Crippen LogP contribution is 2.13. The standard InChI is InChI=1S/C13H18FN3O/c1-9-7-15-13(17-9)16-8-10(2)18-12-5-3-4-11(14)6-12/h3-6,9-10H,7-8H2,1-2H3,(H2,15,16,17). The molecule has 0 aliphatic carbocycles. The second kappa shape index (κ2) is 5.71. The van der Waals surface area contributed by atoms with Crippen LogP contribution in [0.5, 0.6) is 5.75 Å². The highest BCUT2D eigenvalue weighted by molar-refractivity contribution is 5.81. The van der Waals surface area contributed by atoms with E-state index in [4.69, 9.17) is 4.74 Å². The first-order valence-corrected chi connectivity index (χ1v) is 6.10. The van der Waals surface area contributed by atoms with E-state index in [-0.39, 0.29) is 11.9 Å². The fraction of sp³-hybridized carbons (Fsp3) is 0.462. The van der Waals surface area contributed by atoms with Crippen LogP contribution in [0.15, 0.2) is 29.3 Å². The predicted molar refractivity (Wildman–Crippen MR) is 69.4 cm³/mol. The molecule has 2 rings (SSSR count). The summed E-state index contributed by atoms with van der Waals surface area (Å²) in [6.07, 6.45) is -0.0628. The molecule has 1 aromatic rings. The van der Waals surface area contributed by atoms with Crippen LogP contribution in [0.25, 0.3) is 0 Å². The fourth-order valence-electron chi connectivity index (χ4n) is 1.71. The number of ether oxygens (including phenoxy) is 1. The Hall–Kier alpha value is -1.78. The van der Waals surface area contributed by atoms with Crippen LogP contribution in [0.3, 0.4) is 0 Å². The average molecular weight is 251 g/mol. The Morgan fingerprint density at radius 1 is 1.61 bits per heavy atom. The molecule has 0 amide bonds. The molecule has 98 valence electrons. The molecule has 4 nitrogen and oxygen atoms in total. The van der Waals surface area contributed by atoms with Crippen molar-refractivity contribution in [2.45, 2.75) is 26.0 Å². The van der Waals surface area contributed by atoms with E-state index < -0.39 is 0 Å². The molecule has 0 saturated heterocycles. The Morgan fingerprint density at radius 2 is 2.44 bits per heavy atom. The second-order valence-electron chi connectivity index (χ2n) is 4.50. The van der Waals surface area contributed by atoms with Crippen LogP contribution in [-0.2, 0) is 0 Å². The fourth-order valence-corrected chi connectivity index (χ4v) is 1.71. The summed E-state index contributed by atoms with van der Waals surface area (Å²) in [6, 6.07) is 6.53. The van der Waals surface area contributed by atoms with Gasteiger partial charge in [-0.1, -0.05) is 6.07 Å². The minimum Gasteiger partial charge on any atom is -0.489 e. The highest BCUT2D eigenvalue weighted by Gasteiger charge is 2.13. The van der Waals surface area contributed by atoms with Crippen LogP contribution in [0.2, 0.25) is 0 Å². The van der Waals surface area contributed by atoms with Gasteiger partial charge in [0.2, 0.25) is 0 Å². The molecular formula is C13H18FN3O. The largest absolute Gasteiger partial charge is 0.489 e. The minimum absolute atomic E-state index is 0.0628. The third-order valence-electron chi connectivity index (χ3n) is 2.60. The molecule has 0 bridgehead atoms. The first-order chi connectivity index (χ1) is 8.63. The number of hydrogen-bond acceptors (Lipinski definition) is 4. The normalized spacial score (nSPS) is 19.9. The molecule has 18 heavy (non-hydrogen) atoms. The van der Waals surface area contributed by atoms with Crippen molar-refractivity contribution >= 4 is 5.96 Å². The van der Waals surface area contributed by atoms with Crippen molar-refractivity contribution in [1.29, 1.82) is 0 Å². The maximum atomic E-state index is 13.0. The second-order valence-corrected chi connectivity index (χ2v) is 4.50. The monoisotopic (exact) mass is 251 g/mol. The Bertz CT molecular complexity index is 436. The van der Waals surface area contributed by atoms with E-state index in [1.165, 1.54) is 12.1 Å². The van der Waals surface area contributed by atoms with Gasteiger partial charge in [0, 0.05) is 12.1 Å². The van der Waals surface area contributed by atoms with E-state index in [2.05, 4.69) is 22.5 Å². The van der Waals surface area contributed by atoms with Crippen LogP contribution in [0.1, 0.15) is 13.8 Å². The molecule has 1 aromatic carbocycles. The van der Waals surface area contributed by atoms with Gasteiger partial charge in [0.25, 0.3) is 0 Å². The number of nitrogens with one attached hydrogen (secondary N) is 2. The van der Waals surface area contributed by atoms with E-state index in [9.17, 15) is 4.39 Å². The van der Waals surface area contributed by atoms with E-state index >= 15 is 0 Å². The van der Waals surface area contributed by atoms with E-state index in [0.29, 0.717) is 18.3 Å². The van der Waals surface area contributed by atoms with Crippen LogP contribution in [-0.4, -0.2) is 31.2 Å². The van der Waals surface area contributed by atoms with Gasteiger partial charge in [-0.15, -0.1) is 0 Å². The molecule has 1 aliphatic heterocycles. The Kier molecular flexibility index (Phi) is 4.02. The molecule has 2 atom stereocenters. The van der Waals surface area contributed by atoms with Gasteiger partial charge in [-0.05, 0) is 26.0 Å². The van der Waals surface area contributed by atoms with Crippen LogP contribution in [0, 0.1) is 5.82 Å². The van der Waals surface area contributed by atoms with E-state index in [1.807, 2.05) is 6.92 Å². The van der Waals surface area contributed by atoms with Gasteiger partial charge in [-0.2, -0.15) is 0 Å². The van der Waals surface area contributed by atoms with Crippen molar-refractivity contribution in [3.63, 3.8) is 0 Å². The molecule has 5 heteroatoms. The van der Waals surface area contributed by atoms with Crippen molar-refractivity contribution in [1.82, 2.24) is 10.6 Å². The SMILES string of the molecule is CC1CN=C(NCC(C)Oc2cccc(F)c2)N1. The smallest absolute Gasteiger partial charge is 0.191 e. The van der Waals surface area contributed by atoms with E-state index in [1.54, 1.807) is 12.1 Å². The van der Waals surface area contributed by atoms with Crippen molar-refractivity contribution in [2.24, 2.45) is 4.99 Å². The summed E-state index contributed by atoms with van der Waals surface area (Å²) in [4.78, 5) is 4.29. The van der Waals surface area contributed by atoms with Crippen LogP contribution >= 0.6 is 0 Å². The summed E-state index contributed by atoms with van der Waals surface area (Å²) >= 11 is 0. The molecule has 0 fully saturated rings. The summed E-state index contributed by atoms with van der Waals surface area (Å²) in [5.41, 5.74) is 0. The Morgan fingerprint density at radius 3 is 3.11 bits per heavy atom. The lowest BCUT2D eigenvalue weighted by Gasteiger charge is -2.16. The van der Waals surface area contributed by atoms with Crippen LogP contribution in [0.4, 0.5) is 4.39 Å². The molecule has 1 aliphatic rings. The quantitative estimate of drug-likeness (QED) is 0.853. The lowest BCUT2D eigenvalue weighted by Crippen LogP contribution is -2.41. The third-order valence-corrected chi connectivity index (χ3v) is 2.60. The maximum absolute atomic E-state index is 13.0. The van der Waals surface area contributed by atoms with Crippen molar-refractivity contribution in [3.05, 3.63) is 30.1 Å². The van der Waals surface area contributed by atoms with Gasteiger partial charge in [0.15, 0.2) is 5.96 Å². The zero-order valence-electron chi connectivity index (χ0n) is 10.6. The molecule has 2 N–H and O–H groups in total. The molecule has 1 heterocycles. The Balaban J connectivity index is 1.77. The molecule has 0 aromatic heterocycles.